The van der Waals surface area contributed by atoms with Gasteiger partial charge in [0.1, 0.15) is 24.2 Å². The van der Waals surface area contributed by atoms with Crippen LogP contribution >= 0.6 is 0 Å². The van der Waals surface area contributed by atoms with Crippen molar-refractivity contribution in [1.82, 2.24) is 30.9 Å². The molecule has 3 aliphatic carbocycles. The molecule has 14 nitrogen and oxygen atoms in total. The number of amides is 5. The average molecular weight is 731 g/mol. The molecule has 0 aromatic heterocycles. The van der Waals surface area contributed by atoms with E-state index < -0.39 is 93.8 Å². The van der Waals surface area contributed by atoms with Crippen molar-refractivity contribution in [2.24, 2.45) is 17.3 Å². The maximum Gasteiger partial charge on any atom is 0.289 e. The molecule has 2 unspecified atom stereocenters. The number of rotatable bonds is 15. The van der Waals surface area contributed by atoms with Gasteiger partial charge in [0, 0.05) is 18.5 Å². The Morgan fingerprint density at radius 1 is 0.860 bits per heavy atom. The Bertz CT molecular complexity index is 1430. The Balaban J connectivity index is 1.55. The quantitative estimate of drug-likeness (QED) is 0.153. The van der Waals surface area contributed by atoms with E-state index in [1.807, 2.05) is 0 Å². The summed E-state index contributed by atoms with van der Waals surface area (Å²) in [5.74, 6) is -5.52. The molecule has 1 aliphatic heterocycles. The highest BCUT2D eigenvalue weighted by atomic mass is 32.2. The SMILES string of the molecule is C[C@H](NS(C)(=O)=O)C(=O)N[C@H](C(=O)N[C@H](C(=O)N1C2CCC(C2)[C@H]1C(=O)N[C@@H](CC(F)F)C(=O)C(=O)NC1CC1)C(C)(C)C)C1CCCCC1. The molecule has 0 spiro atoms. The van der Waals surface area contributed by atoms with Crippen molar-refractivity contribution in [2.45, 2.75) is 147 Å². The Hall–Kier alpha value is -3.21. The van der Waals surface area contributed by atoms with Crippen molar-refractivity contribution in [3.05, 3.63) is 0 Å². The van der Waals surface area contributed by atoms with E-state index in [0.717, 1.165) is 25.5 Å². The maximum atomic E-state index is 14.5. The molecule has 1 heterocycles. The van der Waals surface area contributed by atoms with Gasteiger partial charge in [-0.2, -0.15) is 0 Å². The maximum absolute atomic E-state index is 14.5. The normalized spacial score (nSPS) is 25.0. The summed E-state index contributed by atoms with van der Waals surface area (Å²) in [6.07, 6.45) is 3.74. The summed E-state index contributed by atoms with van der Waals surface area (Å²) < 4.78 is 52.8. The minimum Gasteiger partial charge on any atom is -0.347 e. The lowest BCUT2D eigenvalue weighted by Crippen LogP contribution is -2.64. The highest BCUT2D eigenvalue weighted by molar-refractivity contribution is 7.88. The molecule has 2 bridgehead atoms. The number of hydrogen-bond acceptors (Lipinski definition) is 8. The van der Waals surface area contributed by atoms with Crippen molar-refractivity contribution >= 4 is 45.3 Å². The number of ketones is 1. The minimum absolute atomic E-state index is 0.198. The monoisotopic (exact) mass is 730 g/mol. The number of nitrogens with zero attached hydrogens (tertiary/aromatic N) is 1. The number of halogens is 2. The van der Waals surface area contributed by atoms with Gasteiger partial charge in [-0.3, -0.25) is 28.8 Å². The van der Waals surface area contributed by atoms with E-state index in [2.05, 4.69) is 26.0 Å². The van der Waals surface area contributed by atoms with E-state index in [1.54, 1.807) is 20.8 Å². The van der Waals surface area contributed by atoms with Crippen LogP contribution < -0.4 is 26.0 Å². The number of carbonyl (C=O) groups is 6. The number of carbonyl (C=O) groups excluding carboxylic acids is 6. The molecule has 0 radical (unpaired) electrons. The zero-order chi connectivity index (χ0) is 37.1. The third-order valence-electron chi connectivity index (χ3n) is 10.2. The molecular formula is C33H52F2N6O8S. The summed E-state index contributed by atoms with van der Waals surface area (Å²) in [4.78, 5) is 82.1. The second kappa shape index (κ2) is 16.0. The predicted molar refractivity (Wildman–Crippen MR) is 178 cm³/mol. The van der Waals surface area contributed by atoms with E-state index >= 15 is 0 Å². The summed E-state index contributed by atoms with van der Waals surface area (Å²) in [5.41, 5.74) is -0.892. The van der Waals surface area contributed by atoms with Crippen LogP contribution in [-0.2, 0) is 38.8 Å². The molecule has 0 aromatic rings. The van der Waals surface area contributed by atoms with E-state index in [9.17, 15) is 46.0 Å². The zero-order valence-corrected chi connectivity index (χ0v) is 30.2. The summed E-state index contributed by atoms with van der Waals surface area (Å²) >= 11 is 0. The van der Waals surface area contributed by atoms with Gasteiger partial charge in [0.15, 0.2) is 0 Å². The van der Waals surface area contributed by atoms with Gasteiger partial charge in [-0.05, 0) is 69.1 Å². The Morgan fingerprint density at radius 3 is 2.06 bits per heavy atom. The van der Waals surface area contributed by atoms with Crippen LogP contribution in [0.15, 0.2) is 0 Å². The fourth-order valence-corrected chi connectivity index (χ4v) is 8.25. The summed E-state index contributed by atoms with van der Waals surface area (Å²) in [5, 5.41) is 10.4. The van der Waals surface area contributed by atoms with Crippen molar-refractivity contribution < 1.29 is 46.0 Å². The number of Topliss-reactive ketones (excluding diaryl/α,β-unsaturated/α-hetero) is 1. The molecule has 4 rings (SSSR count). The van der Waals surface area contributed by atoms with Crippen LogP contribution in [0.1, 0.15) is 98.3 Å². The molecule has 5 amide bonds. The summed E-state index contributed by atoms with van der Waals surface area (Å²) in [7, 11) is -3.72. The van der Waals surface area contributed by atoms with Gasteiger partial charge in [0.2, 0.25) is 45.9 Å². The molecule has 282 valence electrons. The third-order valence-corrected chi connectivity index (χ3v) is 11.0. The number of sulfonamides is 1. The Morgan fingerprint density at radius 2 is 1.50 bits per heavy atom. The lowest BCUT2D eigenvalue weighted by Gasteiger charge is -2.41. The minimum atomic E-state index is -3.72. The van der Waals surface area contributed by atoms with Crippen LogP contribution in [0.25, 0.3) is 0 Å². The number of fused-ring (bicyclic) bond motifs is 2. The topological polar surface area (TPSA) is 200 Å². The molecule has 4 fully saturated rings. The number of alkyl halides is 2. The van der Waals surface area contributed by atoms with Crippen molar-refractivity contribution in [2.75, 3.05) is 6.26 Å². The molecule has 1 saturated heterocycles. The van der Waals surface area contributed by atoms with Gasteiger partial charge in [0.05, 0.1) is 12.3 Å². The van der Waals surface area contributed by atoms with Crippen LogP contribution in [0.4, 0.5) is 8.78 Å². The van der Waals surface area contributed by atoms with Gasteiger partial charge in [-0.15, -0.1) is 0 Å². The van der Waals surface area contributed by atoms with Crippen LogP contribution in [0, 0.1) is 17.3 Å². The highest BCUT2D eigenvalue weighted by Crippen LogP contribution is 2.44. The zero-order valence-electron chi connectivity index (χ0n) is 29.4. The van der Waals surface area contributed by atoms with Gasteiger partial charge >= 0.3 is 0 Å². The second-order valence-electron chi connectivity index (χ2n) is 15.5. The summed E-state index contributed by atoms with van der Waals surface area (Å²) in [6, 6.07) is -6.87. The molecular weight excluding hydrogens is 678 g/mol. The van der Waals surface area contributed by atoms with Crippen LogP contribution in [0.3, 0.4) is 0 Å². The average Bonchev–Trinajstić information content (AvgIpc) is 3.59. The van der Waals surface area contributed by atoms with Crippen molar-refractivity contribution in [3.8, 4) is 0 Å². The largest absolute Gasteiger partial charge is 0.347 e. The molecule has 17 heteroatoms. The van der Waals surface area contributed by atoms with Crippen molar-refractivity contribution in [1.29, 1.82) is 0 Å². The van der Waals surface area contributed by atoms with Gasteiger partial charge < -0.3 is 26.2 Å². The lowest BCUT2D eigenvalue weighted by atomic mass is 9.81. The molecule has 0 aromatic carbocycles. The van der Waals surface area contributed by atoms with Crippen LogP contribution in [0.5, 0.6) is 0 Å². The lowest BCUT2D eigenvalue weighted by molar-refractivity contribution is -0.149. The van der Waals surface area contributed by atoms with E-state index in [-0.39, 0.29) is 23.9 Å². The Kier molecular flexibility index (Phi) is 12.7. The van der Waals surface area contributed by atoms with Gasteiger partial charge in [0.25, 0.3) is 5.91 Å². The number of hydrogen-bond donors (Lipinski definition) is 5. The number of piperidine rings is 1. The van der Waals surface area contributed by atoms with Gasteiger partial charge in [-0.25, -0.2) is 21.9 Å². The fraction of sp³-hybridized carbons (Fsp3) is 0.818. The van der Waals surface area contributed by atoms with Crippen LogP contribution in [0.2, 0.25) is 0 Å². The standard InChI is InChI=1S/C33H52F2N6O8S/c1-17(40-50(5,48)49)28(43)38-24(18-9-7-6-8-10-18)29(44)39-27(33(2,3)4)32(47)41-21-14-11-19(15-21)25(41)30(45)37-22(16-23(34)35)26(42)31(46)36-20-12-13-20/h17-25,27,40H,6-16H2,1-5H3,(H,36,46)(H,37,45)(H,38,43)(H,39,44)/t17-,19?,21?,22-,24-,25-,27+/m0/s1. The second-order valence-corrected chi connectivity index (χ2v) is 17.3. The first kappa shape index (κ1) is 39.6. The predicted octanol–water partition coefficient (Wildman–Crippen LogP) is 0.887. The fourth-order valence-electron chi connectivity index (χ4n) is 7.50. The van der Waals surface area contributed by atoms with Gasteiger partial charge in [-0.1, -0.05) is 40.0 Å². The highest BCUT2D eigenvalue weighted by Gasteiger charge is 2.54. The van der Waals surface area contributed by atoms with Crippen LogP contribution in [-0.4, -0.2) is 104 Å². The smallest absolute Gasteiger partial charge is 0.289 e. The molecule has 7 atom stereocenters. The molecule has 4 aliphatic rings. The van der Waals surface area contributed by atoms with Crippen molar-refractivity contribution in [3.63, 3.8) is 0 Å². The third kappa shape index (κ3) is 10.2. The Labute approximate surface area is 292 Å². The first-order valence-corrected chi connectivity index (χ1v) is 19.5. The number of likely N-dealkylation sites (tertiary alicyclic amines) is 1. The van der Waals surface area contributed by atoms with E-state index in [0.29, 0.717) is 44.9 Å². The first-order chi connectivity index (χ1) is 23.3. The number of nitrogens with one attached hydrogen (secondary N) is 5. The molecule has 3 saturated carbocycles. The summed E-state index contributed by atoms with van der Waals surface area (Å²) in [6.45, 7) is 6.57. The molecule has 50 heavy (non-hydrogen) atoms. The molecule has 5 N–H and O–H groups in total. The van der Waals surface area contributed by atoms with E-state index in [4.69, 9.17) is 0 Å². The first-order valence-electron chi connectivity index (χ1n) is 17.6. The van der Waals surface area contributed by atoms with E-state index in [1.165, 1.54) is 11.8 Å².